The van der Waals surface area contributed by atoms with Gasteiger partial charge in [-0.05, 0) is 134 Å². The number of nitrogens with zero attached hydrogens (tertiary/aromatic N) is 2. The van der Waals surface area contributed by atoms with Gasteiger partial charge in [0, 0.05) is 53.6 Å². The summed E-state index contributed by atoms with van der Waals surface area (Å²) >= 11 is 1.87. The van der Waals surface area contributed by atoms with Crippen molar-refractivity contribution in [2.45, 2.75) is 0 Å². The van der Waals surface area contributed by atoms with Gasteiger partial charge in [-0.1, -0.05) is 206 Å². The first-order valence-corrected chi connectivity index (χ1v) is 25.8. The molecule has 2 nitrogen and oxygen atoms in total. The maximum Gasteiger partial charge on any atom is 0.0541 e. The molecule has 0 unspecified atom stereocenters. The largest absolute Gasteiger partial charge is 0.311 e. The molecule has 14 aromatic rings. The number of benzene rings is 12. The van der Waals surface area contributed by atoms with Gasteiger partial charge in [-0.3, -0.25) is 0 Å². The third-order valence-corrected chi connectivity index (χ3v) is 15.8. The molecule has 0 spiro atoms. The normalized spacial score (nSPS) is 11.6. The first kappa shape index (κ1) is 42.6. The van der Waals surface area contributed by atoms with Crippen LogP contribution in [0.4, 0.5) is 17.1 Å². The average molecular weight is 947 g/mol. The third kappa shape index (κ3) is 7.58. The fourth-order valence-corrected chi connectivity index (χ4v) is 12.2. The molecular weight excluding hydrogens is 901 g/mol. The number of para-hydroxylation sites is 3. The summed E-state index contributed by atoms with van der Waals surface area (Å²) in [6.07, 6.45) is 0. The predicted molar refractivity (Wildman–Crippen MR) is 313 cm³/mol. The lowest BCUT2D eigenvalue weighted by atomic mass is 9.96. The molecule has 0 saturated heterocycles. The predicted octanol–water partition coefficient (Wildman–Crippen LogP) is 20.1. The van der Waals surface area contributed by atoms with E-state index in [-0.39, 0.29) is 0 Å². The lowest BCUT2D eigenvalue weighted by Gasteiger charge is -2.26. The molecule has 0 aliphatic carbocycles. The molecule has 0 amide bonds. The van der Waals surface area contributed by atoms with E-state index in [9.17, 15) is 0 Å². The monoisotopic (exact) mass is 946 g/mol. The summed E-state index contributed by atoms with van der Waals surface area (Å²) in [7, 11) is 0. The van der Waals surface area contributed by atoms with Crippen molar-refractivity contribution in [2.24, 2.45) is 0 Å². The molecule has 0 aliphatic heterocycles. The van der Waals surface area contributed by atoms with Crippen molar-refractivity contribution in [3.05, 3.63) is 279 Å². The van der Waals surface area contributed by atoms with Gasteiger partial charge in [0.2, 0.25) is 0 Å². The van der Waals surface area contributed by atoms with Gasteiger partial charge >= 0.3 is 0 Å². The van der Waals surface area contributed by atoms with Crippen molar-refractivity contribution < 1.29 is 0 Å². The standard InChI is InChI=1S/C70H46N2S/c1-2-14-53-46-56(32-31-47(53)13-1)55-16-11-15-54(45-55)50-29-27-48(28-30-50)49-33-39-57(40-34-49)71(59-43-37-52(38-44-59)61-21-12-22-65-64-20-6-10-26-69(64)73-70(61)65)58-41-35-51(36-42-58)60-17-3-7-23-66(60)72-67-24-8-4-18-62(67)63-19-5-9-25-68(63)72/h1-46H. The van der Waals surface area contributed by atoms with Gasteiger partial charge in [0.15, 0.2) is 0 Å². The van der Waals surface area contributed by atoms with E-state index in [4.69, 9.17) is 0 Å². The third-order valence-electron chi connectivity index (χ3n) is 14.6. The average Bonchev–Trinajstić information content (AvgIpc) is 4.02. The quantitative estimate of drug-likeness (QED) is 0.140. The second-order valence-electron chi connectivity index (χ2n) is 18.9. The second kappa shape index (κ2) is 17.8. The van der Waals surface area contributed by atoms with E-state index < -0.39 is 0 Å². The van der Waals surface area contributed by atoms with Gasteiger partial charge in [0.05, 0.1) is 16.7 Å². The Balaban J connectivity index is 0.810. The van der Waals surface area contributed by atoms with Gasteiger partial charge in [-0.15, -0.1) is 11.3 Å². The number of aromatic nitrogens is 1. The van der Waals surface area contributed by atoms with E-state index >= 15 is 0 Å². The molecule has 0 saturated carbocycles. The fraction of sp³-hybridized carbons (Fsp3) is 0. The molecule has 2 heterocycles. The lowest BCUT2D eigenvalue weighted by molar-refractivity contribution is 1.18. The summed E-state index contributed by atoms with van der Waals surface area (Å²) in [5.74, 6) is 0. The summed E-state index contributed by atoms with van der Waals surface area (Å²) in [6, 6.07) is 102. The van der Waals surface area contributed by atoms with E-state index in [0.29, 0.717) is 0 Å². The first-order chi connectivity index (χ1) is 36.2. The maximum atomic E-state index is 2.42. The number of hydrogen-bond donors (Lipinski definition) is 0. The maximum absolute atomic E-state index is 2.42. The Morgan fingerprint density at radius 2 is 0.712 bits per heavy atom. The van der Waals surface area contributed by atoms with E-state index in [1.165, 1.54) is 103 Å². The number of rotatable bonds is 9. The molecular formula is C70H46N2S. The van der Waals surface area contributed by atoms with Crippen molar-refractivity contribution in [1.29, 1.82) is 0 Å². The summed E-state index contributed by atoms with van der Waals surface area (Å²) < 4.78 is 5.06. The van der Waals surface area contributed by atoms with Crippen molar-refractivity contribution in [3.63, 3.8) is 0 Å². The van der Waals surface area contributed by atoms with Gasteiger partial charge in [0.25, 0.3) is 0 Å². The minimum absolute atomic E-state index is 1.08. The van der Waals surface area contributed by atoms with Crippen LogP contribution in [0.2, 0.25) is 0 Å². The Labute approximate surface area is 428 Å². The molecule has 342 valence electrons. The first-order valence-electron chi connectivity index (χ1n) is 25.0. The van der Waals surface area contributed by atoms with E-state index in [1.54, 1.807) is 0 Å². The van der Waals surface area contributed by atoms with Crippen LogP contribution in [0.25, 0.3) is 114 Å². The fourth-order valence-electron chi connectivity index (χ4n) is 11.0. The Bertz CT molecular complexity index is 4300. The molecule has 0 aliphatic rings. The zero-order valence-electron chi connectivity index (χ0n) is 39.9. The van der Waals surface area contributed by atoms with Crippen LogP contribution < -0.4 is 4.90 Å². The van der Waals surface area contributed by atoms with E-state index in [1.807, 2.05) is 11.3 Å². The van der Waals surface area contributed by atoms with Crippen LogP contribution in [0.3, 0.4) is 0 Å². The van der Waals surface area contributed by atoms with Crippen LogP contribution in [0.15, 0.2) is 279 Å². The summed E-state index contributed by atoms with van der Waals surface area (Å²) in [4.78, 5) is 2.38. The Hall–Kier alpha value is -9.28. The Morgan fingerprint density at radius 1 is 0.274 bits per heavy atom. The molecule has 14 rings (SSSR count). The van der Waals surface area contributed by atoms with Crippen LogP contribution in [0.5, 0.6) is 0 Å². The lowest BCUT2D eigenvalue weighted by Crippen LogP contribution is -2.09. The van der Waals surface area contributed by atoms with E-state index in [0.717, 1.165) is 28.3 Å². The molecule has 3 heteroatoms. The number of anilines is 3. The molecule has 73 heavy (non-hydrogen) atoms. The van der Waals surface area contributed by atoms with Gasteiger partial charge in [-0.25, -0.2) is 0 Å². The van der Waals surface area contributed by atoms with Crippen molar-refractivity contribution in [3.8, 4) is 61.3 Å². The van der Waals surface area contributed by atoms with Crippen molar-refractivity contribution in [2.75, 3.05) is 4.90 Å². The van der Waals surface area contributed by atoms with Crippen LogP contribution in [-0.2, 0) is 0 Å². The van der Waals surface area contributed by atoms with E-state index in [2.05, 4.69) is 289 Å². The number of fused-ring (bicyclic) bond motifs is 7. The topological polar surface area (TPSA) is 8.17 Å². The molecule has 2 aromatic heterocycles. The molecule has 0 bridgehead atoms. The molecule has 0 N–H and O–H groups in total. The SMILES string of the molecule is c1cc(-c2ccc(-c3ccc(N(c4ccc(-c5ccccc5-n5c6ccccc6c6ccccc65)cc4)c4ccc(-c5cccc6c5sc5ccccc56)cc4)cc3)cc2)cc(-c2ccc3ccccc3c2)c1. The highest BCUT2D eigenvalue weighted by Gasteiger charge is 2.18. The minimum Gasteiger partial charge on any atom is -0.311 e. The number of hydrogen-bond acceptors (Lipinski definition) is 2. The Morgan fingerprint density at radius 3 is 1.38 bits per heavy atom. The zero-order chi connectivity index (χ0) is 48.2. The second-order valence-corrected chi connectivity index (χ2v) is 19.9. The van der Waals surface area contributed by atoms with Crippen LogP contribution in [-0.4, -0.2) is 4.57 Å². The van der Waals surface area contributed by atoms with Crippen LogP contribution in [0, 0.1) is 0 Å². The van der Waals surface area contributed by atoms with Crippen LogP contribution >= 0.6 is 11.3 Å². The molecule has 12 aromatic carbocycles. The summed E-state index contributed by atoms with van der Waals surface area (Å²) in [5, 5.41) is 7.65. The van der Waals surface area contributed by atoms with Gasteiger partial charge in [-0.2, -0.15) is 0 Å². The van der Waals surface area contributed by atoms with Crippen molar-refractivity contribution >= 4 is 81.1 Å². The zero-order valence-corrected chi connectivity index (χ0v) is 40.7. The van der Waals surface area contributed by atoms with Gasteiger partial charge in [0.1, 0.15) is 0 Å². The highest BCUT2D eigenvalue weighted by Crippen LogP contribution is 2.43. The number of thiophene rings is 1. The highest BCUT2D eigenvalue weighted by atomic mass is 32.1. The van der Waals surface area contributed by atoms with Gasteiger partial charge < -0.3 is 9.47 Å². The Kier molecular flexibility index (Phi) is 10.4. The molecule has 0 atom stereocenters. The highest BCUT2D eigenvalue weighted by molar-refractivity contribution is 7.26. The summed E-state index contributed by atoms with van der Waals surface area (Å²) in [5.41, 5.74) is 18.8. The minimum atomic E-state index is 1.08. The molecule has 0 fully saturated rings. The smallest absolute Gasteiger partial charge is 0.0541 e. The summed E-state index contributed by atoms with van der Waals surface area (Å²) in [6.45, 7) is 0. The molecule has 0 radical (unpaired) electrons. The van der Waals surface area contributed by atoms with Crippen LogP contribution in [0.1, 0.15) is 0 Å². The van der Waals surface area contributed by atoms with Crippen molar-refractivity contribution in [1.82, 2.24) is 4.57 Å².